The smallest absolute Gasteiger partial charge is 0.319 e. The zero-order chi connectivity index (χ0) is 21.0. The lowest BCUT2D eigenvalue weighted by molar-refractivity contribution is 0.252. The Morgan fingerprint density at radius 2 is 1.93 bits per heavy atom. The van der Waals surface area contributed by atoms with Gasteiger partial charge in [0.1, 0.15) is 29.6 Å². The van der Waals surface area contributed by atoms with Crippen LogP contribution in [0.1, 0.15) is 22.8 Å². The number of anilines is 2. The molecule has 0 saturated heterocycles. The molecule has 29 heavy (non-hydrogen) atoms. The molecule has 0 spiro atoms. The lowest BCUT2D eigenvalue weighted by Gasteiger charge is -2.12. The topological polar surface area (TPSA) is 96.8 Å². The fourth-order valence-electron chi connectivity index (χ4n) is 2.77. The van der Waals surface area contributed by atoms with Gasteiger partial charge in [0.25, 0.3) is 0 Å². The minimum absolute atomic E-state index is 0.359. The number of benzene rings is 1. The lowest BCUT2D eigenvalue weighted by Crippen LogP contribution is -2.33. The molecule has 152 valence electrons. The van der Waals surface area contributed by atoms with Crippen molar-refractivity contribution in [2.24, 2.45) is 0 Å². The fraction of sp³-hybridized carbons (Fsp3) is 0.300. The molecule has 0 atom stereocenters. The van der Waals surface area contributed by atoms with E-state index in [1.54, 1.807) is 25.4 Å². The molecule has 0 radical (unpaired) electrons. The molecule has 2 heterocycles. The summed E-state index contributed by atoms with van der Waals surface area (Å²) in [4.78, 5) is 25.1. The molecule has 0 aliphatic heterocycles. The van der Waals surface area contributed by atoms with Crippen molar-refractivity contribution < 1.29 is 9.18 Å². The first-order valence-electron chi connectivity index (χ1n) is 9.25. The van der Waals surface area contributed by atoms with Crippen molar-refractivity contribution in [3.63, 3.8) is 0 Å². The second kappa shape index (κ2) is 8.68. The van der Waals surface area contributed by atoms with Gasteiger partial charge in [0.05, 0.1) is 5.69 Å². The highest BCUT2D eigenvalue weighted by molar-refractivity contribution is 5.90. The van der Waals surface area contributed by atoms with Gasteiger partial charge in [-0.1, -0.05) is 6.07 Å². The third-order valence-electron chi connectivity index (χ3n) is 4.56. The van der Waals surface area contributed by atoms with Crippen LogP contribution in [0.15, 0.2) is 30.6 Å². The number of nitrogens with one attached hydrogen (secondary N) is 3. The van der Waals surface area contributed by atoms with Gasteiger partial charge in [-0.05, 0) is 39.8 Å². The van der Waals surface area contributed by atoms with Crippen molar-refractivity contribution in [1.29, 1.82) is 0 Å². The van der Waals surface area contributed by atoms with Gasteiger partial charge in [0.2, 0.25) is 0 Å². The van der Waals surface area contributed by atoms with Gasteiger partial charge in [-0.3, -0.25) is 4.57 Å². The Hall–Kier alpha value is -3.49. The Balaban J connectivity index is 1.55. The third-order valence-corrected chi connectivity index (χ3v) is 4.56. The number of rotatable bonds is 6. The molecule has 2 amide bonds. The second-order valence-corrected chi connectivity index (χ2v) is 6.66. The van der Waals surface area contributed by atoms with Crippen molar-refractivity contribution >= 4 is 17.5 Å². The molecule has 8 nitrogen and oxygen atoms in total. The number of carbonyl (C=O) groups is 1. The molecule has 0 bridgehead atoms. The Labute approximate surface area is 168 Å². The van der Waals surface area contributed by atoms with Crippen molar-refractivity contribution in [3.05, 3.63) is 59.2 Å². The minimum Gasteiger partial charge on any atom is -0.368 e. The van der Waals surface area contributed by atoms with Crippen LogP contribution in [-0.4, -0.2) is 38.6 Å². The van der Waals surface area contributed by atoms with Gasteiger partial charge < -0.3 is 16.0 Å². The average Bonchev–Trinajstić information content (AvgIpc) is 3.01. The maximum absolute atomic E-state index is 13.5. The number of aryl methyl sites for hydroxylation is 2. The van der Waals surface area contributed by atoms with Crippen molar-refractivity contribution in [1.82, 2.24) is 24.8 Å². The Morgan fingerprint density at radius 1 is 1.14 bits per heavy atom. The molecule has 3 rings (SSSR count). The number of nitrogens with zero attached hydrogens (tertiary/aromatic N) is 4. The van der Waals surface area contributed by atoms with Crippen LogP contribution in [0.4, 0.5) is 20.7 Å². The predicted octanol–water partition coefficient (Wildman–Crippen LogP) is 3.27. The molecule has 0 fully saturated rings. The number of amides is 2. The SMILES string of the molecule is Cc1nc(NCCNC(=O)Nc2cccc(F)c2C)cc(-n2cnc(C)c2C)n1. The average molecular weight is 397 g/mol. The van der Waals surface area contributed by atoms with E-state index in [0.29, 0.717) is 36.0 Å². The van der Waals surface area contributed by atoms with Crippen LogP contribution in [0.2, 0.25) is 0 Å². The number of hydrogen-bond acceptors (Lipinski definition) is 5. The van der Waals surface area contributed by atoms with E-state index in [2.05, 4.69) is 30.9 Å². The van der Waals surface area contributed by atoms with Gasteiger partial charge in [0, 0.05) is 36.1 Å². The van der Waals surface area contributed by atoms with E-state index in [4.69, 9.17) is 0 Å². The number of urea groups is 1. The molecule has 3 N–H and O–H groups in total. The molecule has 1 aromatic carbocycles. The molecule has 0 aliphatic carbocycles. The summed E-state index contributed by atoms with van der Waals surface area (Å²) in [5, 5.41) is 8.55. The van der Waals surface area contributed by atoms with Crippen molar-refractivity contribution in [3.8, 4) is 5.82 Å². The van der Waals surface area contributed by atoms with Gasteiger partial charge in [-0.25, -0.2) is 24.1 Å². The molecule has 9 heteroatoms. The van der Waals surface area contributed by atoms with Crippen LogP contribution in [0.5, 0.6) is 0 Å². The van der Waals surface area contributed by atoms with Gasteiger partial charge >= 0.3 is 6.03 Å². The highest BCUT2D eigenvalue weighted by atomic mass is 19.1. The van der Waals surface area contributed by atoms with Gasteiger partial charge in [-0.15, -0.1) is 0 Å². The third kappa shape index (κ3) is 4.87. The van der Waals surface area contributed by atoms with E-state index in [-0.39, 0.29) is 5.82 Å². The maximum Gasteiger partial charge on any atom is 0.319 e. The van der Waals surface area contributed by atoms with Gasteiger partial charge in [0.15, 0.2) is 0 Å². The van der Waals surface area contributed by atoms with Crippen LogP contribution in [0.3, 0.4) is 0 Å². The summed E-state index contributed by atoms with van der Waals surface area (Å²) in [6, 6.07) is 5.99. The normalized spacial score (nSPS) is 10.7. The van der Waals surface area contributed by atoms with Crippen LogP contribution < -0.4 is 16.0 Å². The van der Waals surface area contributed by atoms with E-state index in [9.17, 15) is 9.18 Å². The first-order valence-corrected chi connectivity index (χ1v) is 9.25. The van der Waals surface area contributed by atoms with E-state index in [1.807, 2.05) is 31.4 Å². The van der Waals surface area contributed by atoms with E-state index < -0.39 is 6.03 Å². The monoisotopic (exact) mass is 397 g/mol. The number of aromatic nitrogens is 4. The lowest BCUT2D eigenvalue weighted by atomic mass is 10.2. The molecular weight excluding hydrogens is 373 g/mol. The predicted molar refractivity (Wildman–Crippen MR) is 110 cm³/mol. The van der Waals surface area contributed by atoms with E-state index in [0.717, 1.165) is 17.2 Å². The number of carbonyl (C=O) groups excluding carboxylic acids is 1. The minimum atomic E-state index is -0.399. The molecule has 0 saturated carbocycles. The van der Waals surface area contributed by atoms with E-state index >= 15 is 0 Å². The van der Waals surface area contributed by atoms with Crippen LogP contribution in [0.25, 0.3) is 5.82 Å². The second-order valence-electron chi connectivity index (χ2n) is 6.66. The Morgan fingerprint density at radius 3 is 2.66 bits per heavy atom. The molecule has 3 aromatic rings. The molecule has 0 unspecified atom stereocenters. The summed E-state index contributed by atoms with van der Waals surface area (Å²) in [5.41, 5.74) is 2.80. The zero-order valence-electron chi connectivity index (χ0n) is 16.9. The molecule has 2 aromatic heterocycles. The molecule has 0 aliphatic rings. The van der Waals surface area contributed by atoms with Gasteiger partial charge in [-0.2, -0.15) is 0 Å². The summed E-state index contributed by atoms with van der Waals surface area (Å²) in [7, 11) is 0. The van der Waals surface area contributed by atoms with Crippen LogP contribution in [-0.2, 0) is 0 Å². The number of hydrogen-bond donors (Lipinski definition) is 3. The zero-order valence-corrected chi connectivity index (χ0v) is 16.9. The van der Waals surface area contributed by atoms with Crippen LogP contribution >= 0.6 is 0 Å². The first kappa shape index (κ1) is 20.2. The Kier molecular flexibility index (Phi) is 6.06. The highest BCUT2D eigenvalue weighted by Crippen LogP contribution is 2.17. The quantitative estimate of drug-likeness (QED) is 0.555. The summed E-state index contributed by atoms with van der Waals surface area (Å²) < 4.78 is 15.4. The van der Waals surface area contributed by atoms with Crippen LogP contribution in [0, 0.1) is 33.5 Å². The summed E-state index contributed by atoms with van der Waals surface area (Å²) in [6.07, 6.45) is 1.73. The fourth-order valence-corrected chi connectivity index (χ4v) is 2.77. The van der Waals surface area contributed by atoms with Crippen molar-refractivity contribution in [2.45, 2.75) is 27.7 Å². The summed E-state index contributed by atoms with van der Waals surface area (Å²) in [5.74, 6) is 1.65. The summed E-state index contributed by atoms with van der Waals surface area (Å²) >= 11 is 0. The molecular formula is C20H24FN7O. The van der Waals surface area contributed by atoms with Crippen molar-refractivity contribution in [2.75, 3.05) is 23.7 Å². The summed E-state index contributed by atoms with van der Waals surface area (Å²) in [6.45, 7) is 8.19. The van der Waals surface area contributed by atoms with E-state index in [1.165, 1.54) is 6.07 Å². The largest absolute Gasteiger partial charge is 0.368 e. The Bertz CT molecular complexity index is 1030. The first-order chi connectivity index (χ1) is 13.8. The standard InChI is InChI=1S/C20H24FN7O/c1-12-16(21)6-5-7-17(12)27-20(29)23-9-8-22-18-10-19(26-15(4)25-18)28-11-24-13(2)14(28)3/h5-7,10-11H,8-9H2,1-4H3,(H,22,25,26)(H2,23,27,29). The highest BCUT2D eigenvalue weighted by Gasteiger charge is 2.09. The maximum atomic E-state index is 13.5. The number of imidazole rings is 1. The number of halogens is 1.